The van der Waals surface area contributed by atoms with Gasteiger partial charge in [-0.1, -0.05) is 30.7 Å². The molecule has 2 aromatic carbocycles. The molecule has 2 aromatic rings. The Morgan fingerprint density at radius 1 is 1.20 bits per heavy atom. The lowest BCUT2D eigenvalue weighted by Gasteiger charge is -2.15. The fourth-order valence-corrected chi connectivity index (χ4v) is 2.27. The van der Waals surface area contributed by atoms with E-state index in [-0.39, 0.29) is 10.8 Å². The van der Waals surface area contributed by atoms with E-state index in [2.05, 4.69) is 12.2 Å². The monoisotopic (exact) mass is 293 g/mol. The van der Waals surface area contributed by atoms with Gasteiger partial charge in [-0.05, 0) is 49.4 Å². The van der Waals surface area contributed by atoms with Crippen molar-refractivity contribution in [3.05, 3.63) is 58.9 Å². The molecular formula is C16H17ClFNO. The van der Waals surface area contributed by atoms with Crippen LogP contribution in [0.2, 0.25) is 5.02 Å². The van der Waals surface area contributed by atoms with Crippen LogP contribution >= 0.6 is 11.6 Å². The molecule has 0 aliphatic carbocycles. The maximum atomic E-state index is 13.0. The summed E-state index contributed by atoms with van der Waals surface area (Å²) < 4.78 is 18.6. The Hall–Kier alpha value is -1.58. The first-order chi connectivity index (χ1) is 9.63. The van der Waals surface area contributed by atoms with Gasteiger partial charge in [0.1, 0.15) is 17.3 Å². The number of nitrogens with one attached hydrogen (secondary N) is 1. The van der Waals surface area contributed by atoms with Crippen molar-refractivity contribution >= 4 is 11.6 Å². The van der Waals surface area contributed by atoms with E-state index in [1.165, 1.54) is 23.8 Å². The van der Waals surface area contributed by atoms with E-state index in [0.29, 0.717) is 17.5 Å². The number of halogens is 2. The van der Waals surface area contributed by atoms with Crippen LogP contribution in [0.1, 0.15) is 24.9 Å². The third-order valence-electron chi connectivity index (χ3n) is 3.16. The zero-order valence-electron chi connectivity index (χ0n) is 11.5. The smallest absolute Gasteiger partial charge is 0.146 e. The van der Waals surface area contributed by atoms with E-state index >= 15 is 0 Å². The van der Waals surface area contributed by atoms with Crippen LogP contribution in [0.5, 0.6) is 11.5 Å². The normalized spacial score (nSPS) is 12.2. The summed E-state index contributed by atoms with van der Waals surface area (Å²) >= 11 is 5.93. The summed E-state index contributed by atoms with van der Waals surface area (Å²) in [5, 5.41) is 3.51. The van der Waals surface area contributed by atoms with Crippen molar-refractivity contribution in [2.75, 3.05) is 7.05 Å². The summed E-state index contributed by atoms with van der Waals surface area (Å²) in [6.45, 7) is 2.13. The fraction of sp³-hybridized carbons (Fsp3) is 0.250. The Morgan fingerprint density at radius 2 is 1.90 bits per heavy atom. The third kappa shape index (κ3) is 3.50. The van der Waals surface area contributed by atoms with Gasteiger partial charge in [-0.15, -0.1) is 0 Å². The Kier molecular flexibility index (Phi) is 4.99. The largest absolute Gasteiger partial charge is 0.456 e. The van der Waals surface area contributed by atoms with Crippen LogP contribution in [-0.2, 0) is 0 Å². The van der Waals surface area contributed by atoms with E-state index < -0.39 is 0 Å². The molecule has 1 atom stereocenters. The Balaban J connectivity index is 2.14. The molecule has 0 fully saturated rings. The summed E-state index contributed by atoms with van der Waals surface area (Å²) in [4.78, 5) is 0. The van der Waals surface area contributed by atoms with Crippen molar-refractivity contribution in [2.24, 2.45) is 0 Å². The van der Waals surface area contributed by atoms with Gasteiger partial charge in [-0.25, -0.2) is 4.39 Å². The fourth-order valence-electron chi connectivity index (χ4n) is 2.06. The summed E-state index contributed by atoms with van der Waals surface area (Å²) in [7, 11) is 1.94. The summed E-state index contributed by atoms with van der Waals surface area (Å²) in [5.41, 5.74) is 1.20. The molecule has 0 bridgehead atoms. The van der Waals surface area contributed by atoms with E-state index in [9.17, 15) is 4.39 Å². The Bertz CT molecular complexity index is 567. The molecule has 0 aliphatic heterocycles. The first kappa shape index (κ1) is 14.8. The average molecular weight is 294 g/mol. The van der Waals surface area contributed by atoms with Gasteiger partial charge >= 0.3 is 0 Å². The standard InChI is InChI=1S/C16H17ClFNO/c1-3-15(19-2)11-4-7-13(8-5-11)20-16-9-6-12(18)10-14(16)17/h4-10,15,19H,3H2,1-2H3. The second-order valence-electron chi connectivity index (χ2n) is 4.50. The third-order valence-corrected chi connectivity index (χ3v) is 3.46. The molecule has 20 heavy (non-hydrogen) atoms. The number of hydrogen-bond acceptors (Lipinski definition) is 2. The maximum absolute atomic E-state index is 13.0. The molecule has 0 spiro atoms. The van der Waals surface area contributed by atoms with Gasteiger partial charge in [0.05, 0.1) is 5.02 Å². The number of benzene rings is 2. The van der Waals surface area contributed by atoms with Crippen LogP contribution in [0, 0.1) is 5.82 Å². The van der Waals surface area contributed by atoms with Gasteiger partial charge in [0, 0.05) is 6.04 Å². The van der Waals surface area contributed by atoms with Gasteiger partial charge in [-0.3, -0.25) is 0 Å². The minimum absolute atomic E-state index is 0.260. The second kappa shape index (κ2) is 6.73. The summed E-state index contributed by atoms with van der Waals surface area (Å²) in [6.07, 6.45) is 1.01. The molecule has 0 amide bonds. The van der Waals surface area contributed by atoms with Crippen molar-refractivity contribution in [1.29, 1.82) is 0 Å². The van der Waals surface area contributed by atoms with E-state index in [1.807, 2.05) is 31.3 Å². The van der Waals surface area contributed by atoms with Crippen LogP contribution < -0.4 is 10.1 Å². The average Bonchev–Trinajstić information content (AvgIpc) is 2.45. The first-order valence-electron chi connectivity index (χ1n) is 6.54. The van der Waals surface area contributed by atoms with Crippen LogP contribution in [0.4, 0.5) is 4.39 Å². The summed E-state index contributed by atoms with van der Waals surface area (Å²) in [6, 6.07) is 12.2. The highest BCUT2D eigenvalue weighted by Crippen LogP contribution is 2.30. The lowest BCUT2D eigenvalue weighted by atomic mass is 10.0. The zero-order valence-corrected chi connectivity index (χ0v) is 12.2. The Labute approximate surface area is 123 Å². The van der Waals surface area contributed by atoms with Gasteiger partial charge in [0.15, 0.2) is 0 Å². The molecule has 0 saturated carbocycles. The SMILES string of the molecule is CCC(NC)c1ccc(Oc2ccc(F)cc2Cl)cc1. The minimum atomic E-state index is -0.377. The van der Waals surface area contributed by atoms with E-state index in [0.717, 1.165) is 6.42 Å². The molecule has 1 unspecified atom stereocenters. The highest BCUT2D eigenvalue weighted by atomic mass is 35.5. The highest BCUT2D eigenvalue weighted by molar-refractivity contribution is 6.32. The molecule has 0 saturated heterocycles. The Morgan fingerprint density at radius 3 is 2.45 bits per heavy atom. The molecule has 0 aliphatic rings. The van der Waals surface area contributed by atoms with Crippen LogP contribution in [0.15, 0.2) is 42.5 Å². The highest BCUT2D eigenvalue weighted by Gasteiger charge is 2.08. The van der Waals surface area contributed by atoms with Crippen LogP contribution in [-0.4, -0.2) is 7.05 Å². The summed E-state index contributed by atoms with van der Waals surface area (Å²) in [5.74, 6) is 0.743. The molecule has 0 radical (unpaired) electrons. The van der Waals surface area contributed by atoms with Crippen LogP contribution in [0.3, 0.4) is 0 Å². The van der Waals surface area contributed by atoms with Crippen molar-refractivity contribution < 1.29 is 9.13 Å². The number of rotatable bonds is 5. The second-order valence-corrected chi connectivity index (χ2v) is 4.90. The van der Waals surface area contributed by atoms with Gasteiger partial charge in [0.2, 0.25) is 0 Å². The predicted octanol–water partition coefficient (Wildman–Crippen LogP) is 4.94. The zero-order chi connectivity index (χ0) is 14.5. The molecule has 106 valence electrons. The molecular weight excluding hydrogens is 277 g/mol. The van der Waals surface area contributed by atoms with Gasteiger partial charge in [-0.2, -0.15) is 0 Å². The van der Waals surface area contributed by atoms with Crippen molar-refractivity contribution in [2.45, 2.75) is 19.4 Å². The maximum Gasteiger partial charge on any atom is 0.146 e. The van der Waals surface area contributed by atoms with Gasteiger partial charge in [0.25, 0.3) is 0 Å². The quantitative estimate of drug-likeness (QED) is 0.843. The molecule has 2 nitrogen and oxygen atoms in total. The predicted molar refractivity (Wildman–Crippen MR) is 80.0 cm³/mol. The molecule has 4 heteroatoms. The number of hydrogen-bond donors (Lipinski definition) is 1. The lowest BCUT2D eigenvalue weighted by Crippen LogP contribution is -2.14. The topological polar surface area (TPSA) is 21.3 Å². The van der Waals surface area contributed by atoms with Crippen molar-refractivity contribution in [3.63, 3.8) is 0 Å². The molecule has 0 aromatic heterocycles. The molecule has 2 rings (SSSR count). The van der Waals surface area contributed by atoms with Gasteiger partial charge < -0.3 is 10.1 Å². The van der Waals surface area contributed by atoms with E-state index in [1.54, 1.807) is 0 Å². The van der Waals surface area contributed by atoms with E-state index in [4.69, 9.17) is 16.3 Å². The lowest BCUT2D eigenvalue weighted by molar-refractivity contribution is 0.480. The molecule has 1 N–H and O–H groups in total. The minimum Gasteiger partial charge on any atom is -0.456 e. The van der Waals surface area contributed by atoms with Crippen molar-refractivity contribution in [3.8, 4) is 11.5 Å². The number of ether oxygens (including phenoxy) is 1. The first-order valence-corrected chi connectivity index (χ1v) is 6.92. The van der Waals surface area contributed by atoms with Crippen LogP contribution in [0.25, 0.3) is 0 Å². The molecule has 0 heterocycles. The van der Waals surface area contributed by atoms with Crippen molar-refractivity contribution in [1.82, 2.24) is 5.32 Å².